The molecule has 5 nitrogen and oxygen atoms in total. The number of hydrogen-bond donors (Lipinski definition) is 2. The topological polar surface area (TPSA) is 75.1 Å². The van der Waals surface area contributed by atoms with E-state index in [-0.39, 0.29) is 28.9 Å². The predicted molar refractivity (Wildman–Crippen MR) is 120 cm³/mol. The number of halogens is 2. The van der Waals surface area contributed by atoms with Gasteiger partial charge in [0.05, 0.1) is 6.54 Å². The number of hydrogen-bond acceptors (Lipinski definition) is 2. The van der Waals surface area contributed by atoms with Gasteiger partial charge in [0.25, 0.3) is 5.56 Å². The summed E-state index contributed by atoms with van der Waals surface area (Å²) in [4.78, 5) is 27.5. The van der Waals surface area contributed by atoms with E-state index >= 15 is 0 Å². The lowest BCUT2D eigenvalue weighted by atomic mass is 10.0. The standard InChI is InChI=1S/C25H20F2N2O3/c1-2-3-5-15-7-10-21-19(12-15)22(18-6-4-11-28-24(18)30)23(25(31)32)29(21)14-16-13-17(26)8-9-20(16)27/h3-13H,2,14H2,1H3,(H,28,30)(H,31,32)/b5-3+. The molecule has 7 heteroatoms. The van der Waals surface area contributed by atoms with Gasteiger partial charge in [-0.3, -0.25) is 4.79 Å². The first-order valence-electron chi connectivity index (χ1n) is 10.1. The molecule has 2 N–H and O–H groups in total. The molecule has 162 valence electrons. The van der Waals surface area contributed by atoms with Gasteiger partial charge in [-0.15, -0.1) is 0 Å². The van der Waals surface area contributed by atoms with Crippen molar-refractivity contribution < 1.29 is 18.7 Å². The van der Waals surface area contributed by atoms with Crippen LogP contribution in [0.3, 0.4) is 0 Å². The zero-order valence-corrected chi connectivity index (χ0v) is 17.2. The van der Waals surface area contributed by atoms with Crippen LogP contribution in [0.1, 0.15) is 35.0 Å². The molecule has 0 saturated heterocycles. The molecule has 0 aliphatic heterocycles. The number of aromatic nitrogens is 2. The van der Waals surface area contributed by atoms with E-state index in [1.54, 1.807) is 24.3 Å². The first-order valence-corrected chi connectivity index (χ1v) is 10.1. The minimum Gasteiger partial charge on any atom is -0.477 e. The highest BCUT2D eigenvalue weighted by atomic mass is 19.1. The second-order valence-electron chi connectivity index (χ2n) is 7.35. The average molecular weight is 434 g/mol. The molecule has 2 heterocycles. The molecule has 0 aliphatic carbocycles. The molecule has 0 bridgehead atoms. The summed E-state index contributed by atoms with van der Waals surface area (Å²) in [6.07, 6.45) is 6.16. The lowest BCUT2D eigenvalue weighted by Gasteiger charge is -2.10. The zero-order valence-electron chi connectivity index (χ0n) is 17.2. The fraction of sp³-hybridized carbons (Fsp3) is 0.120. The number of H-pyrrole nitrogens is 1. The maximum Gasteiger partial charge on any atom is 0.353 e. The second kappa shape index (κ2) is 8.63. The van der Waals surface area contributed by atoms with Crippen molar-refractivity contribution in [1.29, 1.82) is 0 Å². The molecule has 0 atom stereocenters. The molecule has 0 saturated carbocycles. The highest BCUT2D eigenvalue weighted by Gasteiger charge is 2.26. The van der Waals surface area contributed by atoms with Gasteiger partial charge in [-0.2, -0.15) is 0 Å². The number of benzene rings is 2. The monoisotopic (exact) mass is 434 g/mol. The zero-order chi connectivity index (χ0) is 22.8. The van der Waals surface area contributed by atoms with Crippen LogP contribution in [-0.4, -0.2) is 20.6 Å². The summed E-state index contributed by atoms with van der Waals surface area (Å²) in [7, 11) is 0. The second-order valence-corrected chi connectivity index (χ2v) is 7.35. The molecular weight excluding hydrogens is 414 g/mol. The first kappa shape index (κ1) is 21.2. The maximum absolute atomic E-state index is 14.4. The Morgan fingerprint density at radius 2 is 1.97 bits per heavy atom. The number of carboxylic acids is 1. The molecule has 2 aromatic carbocycles. The van der Waals surface area contributed by atoms with Crippen molar-refractivity contribution in [2.75, 3.05) is 0 Å². The maximum atomic E-state index is 14.4. The Morgan fingerprint density at radius 1 is 1.16 bits per heavy atom. The van der Waals surface area contributed by atoms with Crippen LogP contribution in [0.25, 0.3) is 28.1 Å². The van der Waals surface area contributed by atoms with Gasteiger partial charge in [-0.05, 0) is 54.4 Å². The molecular formula is C25H20F2N2O3. The van der Waals surface area contributed by atoms with E-state index in [9.17, 15) is 23.5 Å². The van der Waals surface area contributed by atoms with Crippen molar-refractivity contribution >= 4 is 22.9 Å². The Balaban J connectivity index is 2.07. The van der Waals surface area contributed by atoms with E-state index in [1.165, 1.54) is 10.8 Å². The fourth-order valence-corrected chi connectivity index (χ4v) is 3.84. The number of pyridine rings is 1. The van der Waals surface area contributed by atoms with Crippen LogP contribution in [0.2, 0.25) is 0 Å². The van der Waals surface area contributed by atoms with Crippen LogP contribution in [0.5, 0.6) is 0 Å². The summed E-state index contributed by atoms with van der Waals surface area (Å²) in [5.41, 5.74) is 1.14. The molecule has 0 unspecified atom stereocenters. The molecule has 0 radical (unpaired) electrons. The summed E-state index contributed by atoms with van der Waals surface area (Å²) < 4.78 is 29.6. The minimum absolute atomic E-state index is 0.00729. The van der Waals surface area contributed by atoms with Gasteiger partial charge < -0.3 is 14.7 Å². The van der Waals surface area contributed by atoms with Crippen molar-refractivity contribution in [2.24, 2.45) is 0 Å². The summed E-state index contributed by atoms with van der Waals surface area (Å²) in [6, 6.07) is 11.6. The van der Waals surface area contributed by atoms with E-state index in [2.05, 4.69) is 4.98 Å². The van der Waals surface area contributed by atoms with Crippen molar-refractivity contribution in [1.82, 2.24) is 9.55 Å². The number of allylic oxidation sites excluding steroid dienone is 1. The summed E-state index contributed by atoms with van der Waals surface area (Å²) >= 11 is 0. The van der Waals surface area contributed by atoms with Gasteiger partial charge in [0.2, 0.25) is 0 Å². The van der Waals surface area contributed by atoms with Crippen molar-refractivity contribution in [3.05, 3.63) is 99.6 Å². The summed E-state index contributed by atoms with van der Waals surface area (Å²) in [6.45, 7) is 1.78. The number of carbonyl (C=O) groups is 1. The number of carboxylic acid groups (broad SMARTS) is 1. The normalized spacial score (nSPS) is 11.5. The highest BCUT2D eigenvalue weighted by Crippen LogP contribution is 2.35. The van der Waals surface area contributed by atoms with Crippen molar-refractivity contribution in [3.63, 3.8) is 0 Å². The molecule has 0 amide bonds. The van der Waals surface area contributed by atoms with Gasteiger partial charge >= 0.3 is 5.97 Å². The summed E-state index contributed by atoms with van der Waals surface area (Å²) in [5.74, 6) is -2.55. The lowest BCUT2D eigenvalue weighted by Crippen LogP contribution is -2.14. The Kier molecular flexibility index (Phi) is 5.73. The van der Waals surface area contributed by atoms with Gasteiger partial charge in [0.15, 0.2) is 0 Å². The van der Waals surface area contributed by atoms with Gasteiger partial charge in [-0.1, -0.05) is 25.1 Å². The predicted octanol–water partition coefficient (Wildman–Crippen LogP) is 5.44. The molecule has 4 rings (SSSR count). The van der Waals surface area contributed by atoms with Crippen LogP contribution < -0.4 is 5.56 Å². The average Bonchev–Trinajstić information content (AvgIpc) is 3.08. The Morgan fingerprint density at radius 3 is 2.69 bits per heavy atom. The number of rotatable bonds is 6. The van der Waals surface area contributed by atoms with Crippen molar-refractivity contribution in [3.8, 4) is 11.1 Å². The number of aromatic carboxylic acids is 1. The lowest BCUT2D eigenvalue weighted by molar-refractivity contribution is 0.0687. The van der Waals surface area contributed by atoms with E-state index in [0.717, 1.165) is 30.2 Å². The van der Waals surface area contributed by atoms with Gasteiger partial charge in [0.1, 0.15) is 17.3 Å². The largest absolute Gasteiger partial charge is 0.477 e. The minimum atomic E-state index is -1.28. The van der Waals surface area contributed by atoms with Crippen LogP contribution in [-0.2, 0) is 6.54 Å². The van der Waals surface area contributed by atoms with E-state index in [1.807, 2.05) is 25.1 Å². The van der Waals surface area contributed by atoms with Gasteiger partial charge in [-0.25, -0.2) is 13.6 Å². The third-order valence-corrected chi connectivity index (χ3v) is 5.26. The molecule has 0 fully saturated rings. The smallest absolute Gasteiger partial charge is 0.353 e. The van der Waals surface area contributed by atoms with Crippen LogP contribution >= 0.6 is 0 Å². The van der Waals surface area contributed by atoms with Crippen LogP contribution in [0.4, 0.5) is 8.78 Å². The molecule has 32 heavy (non-hydrogen) atoms. The number of fused-ring (bicyclic) bond motifs is 1. The quantitative estimate of drug-likeness (QED) is 0.424. The molecule has 0 spiro atoms. The Hall–Kier alpha value is -4.00. The Bertz CT molecular complexity index is 1420. The fourth-order valence-electron chi connectivity index (χ4n) is 3.84. The van der Waals surface area contributed by atoms with E-state index in [0.29, 0.717) is 10.9 Å². The Labute approximate surface area is 182 Å². The third-order valence-electron chi connectivity index (χ3n) is 5.26. The molecule has 2 aromatic heterocycles. The van der Waals surface area contributed by atoms with Gasteiger partial charge in [0, 0.05) is 33.8 Å². The SMILES string of the molecule is CC/C=C/c1ccc2c(c1)c(-c1ccc[nH]c1=O)c(C(=O)O)n2Cc1cc(F)ccc1F. The molecule has 0 aliphatic rings. The van der Waals surface area contributed by atoms with Crippen LogP contribution in [0.15, 0.2) is 65.6 Å². The number of nitrogens with one attached hydrogen (secondary N) is 1. The number of nitrogens with zero attached hydrogens (tertiary/aromatic N) is 1. The highest BCUT2D eigenvalue weighted by molar-refractivity contribution is 6.08. The summed E-state index contributed by atoms with van der Waals surface area (Å²) in [5, 5.41) is 10.6. The van der Waals surface area contributed by atoms with Crippen LogP contribution in [0, 0.1) is 11.6 Å². The van der Waals surface area contributed by atoms with E-state index < -0.39 is 23.2 Å². The first-order chi connectivity index (χ1) is 15.4. The molecule has 4 aromatic rings. The van der Waals surface area contributed by atoms with Crippen molar-refractivity contribution in [2.45, 2.75) is 19.9 Å². The number of aromatic amines is 1. The third kappa shape index (κ3) is 3.85. The van der Waals surface area contributed by atoms with E-state index in [4.69, 9.17) is 0 Å².